The highest BCUT2D eigenvalue weighted by atomic mass is 16.5. The number of hydrogen-bond donors (Lipinski definition) is 2. The van der Waals surface area contributed by atoms with Gasteiger partial charge in [-0.25, -0.2) is 0 Å². The van der Waals surface area contributed by atoms with Gasteiger partial charge in [0.05, 0.1) is 12.7 Å². The Kier molecular flexibility index (Phi) is 4.39. The number of aliphatic carboxylic acids is 1. The molecule has 5 heteroatoms. The Morgan fingerprint density at radius 1 is 1.47 bits per heavy atom. The van der Waals surface area contributed by atoms with E-state index in [0.717, 1.165) is 11.3 Å². The van der Waals surface area contributed by atoms with Crippen molar-refractivity contribution in [1.82, 2.24) is 4.90 Å². The van der Waals surface area contributed by atoms with Crippen molar-refractivity contribution in [1.29, 1.82) is 0 Å². The molecule has 0 bridgehead atoms. The summed E-state index contributed by atoms with van der Waals surface area (Å²) in [5.41, 5.74) is 0.949. The number of para-hydroxylation sites is 1. The Balaban J connectivity index is 2.14. The second-order valence-corrected chi connectivity index (χ2v) is 4.71. The van der Waals surface area contributed by atoms with E-state index in [1.165, 1.54) is 0 Å². The highest BCUT2D eigenvalue weighted by Crippen LogP contribution is 2.25. The molecule has 2 unspecified atom stereocenters. The summed E-state index contributed by atoms with van der Waals surface area (Å²) in [5, 5.41) is 18.8. The number of β-amino-alcohol motifs (C(OH)–C–C–N with tert-alkyl or cyclic N) is 1. The summed E-state index contributed by atoms with van der Waals surface area (Å²) >= 11 is 0. The van der Waals surface area contributed by atoms with Crippen molar-refractivity contribution in [3.05, 3.63) is 29.8 Å². The largest absolute Gasteiger partial charge is 0.494 e. The molecule has 0 amide bonds. The van der Waals surface area contributed by atoms with Crippen molar-refractivity contribution < 1.29 is 19.7 Å². The normalized spacial score (nSPS) is 23.5. The maximum Gasteiger partial charge on any atom is 0.321 e. The number of ether oxygens (including phenoxy) is 1. The fourth-order valence-electron chi connectivity index (χ4n) is 2.46. The second kappa shape index (κ2) is 6.04. The topological polar surface area (TPSA) is 70.0 Å². The summed E-state index contributed by atoms with van der Waals surface area (Å²) in [5.74, 6) is -0.110. The number of likely N-dealkylation sites (tertiary alicyclic amines) is 1. The highest BCUT2D eigenvalue weighted by Gasteiger charge is 2.36. The summed E-state index contributed by atoms with van der Waals surface area (Å²) in [7, 11) is 0. The van der Waals surface area contributed by atoms with Gasteiger partial charge in [0.15, 0.2) is 0 Å². The second-order valence-electron chi connectivity index (χ2n) is 4.71. The average Bonchev–Trinajstić information content (AvgIpc) is 2.73. The van der Waals surface area contributed by atoms with Crippen molar-refractivity contribution >= 4 is 5.97 Å². The van der Waals surface area contributed by atoms with E-state index in [0.29, 0.717) is 19.7 Å². The Labute approximate surface area is 112 Å². The molecule has 1 aliphatic heterocycles. The van der Waals surface area contributed by atoms with Crippen molar-refractivity contribution in [2.45, 2.75) is 32.0 Å². The van der Waals surface area contributed by atoms with Crippen LogP contribution in [0.5, 0.6) is 5.75 Å². The van der Waals surface area contributed by atoms with Crippen molar-refractivity contribution in [2.75, 3.05) is 13.2 Å². The number of carboxylic acids is 1. The predicted octanol–water partition coefficient (Wildman–Crippen LogP) is 1.11. The van der Waals surface area contributed by atoms with Crippen LogP contribution in [-0.2, 0) is 11.3 Å². The minimum absolute atomic E-state index is 0.284. The first-order valence-electron chi connectivity index (χ1n) is 6.47. The summed E-state index contributed by atoms with van der Waals surface area (Å²) in [6.07, 6.45) is -0.285. The predicted molar refractivity (Wildman–Crippen MR) is 70.1 cm³/mol. The molecule has 1 aromatic rings. The van der Waals surface area contributed by atoms with Crippen LogP contribution in [0.4, 0.5) is 0 Å². The molecular weight excluding hydrogens is 246 g/mol. The van der Waals surface area contributed by atoms with E-state index in [1.807, 2.05) is 31.2 Å². The van der Waals surface area contributed by atoms with E-state index in [4.69, 9.17) is 9.84 Å². The van der Waals surface area contributed by atoms with E-state index < -0.39 is 18.1 Å². The van der Waals surface area contributed by atoms with Gasteiger partial charge >= 0.3 is 5.97 Å². The number of aliphatic hydroxyl groups is 1. The molecule has 0 radical (unpaired) electrons. The molecule has 19 heavy (non-hydrogen) atoms. The Morgan fingerprint density at radius 3 is 2.89 bits per heavy atom. The zero-order chi connectivity index (χ0) is 13.8. The van der Waals surface area contributed by atoms with Crippen LogP contribution in [0.1, 0.15) is 18.9 Å². The third-order valence-electron chi connectivity index (χ3n) is 3.31. The van der Waals surface area contributed by atoms with Crippen LogP contribution in [0.3, 0.4) is 0 Å². The molecule has 2 rings (SSSR count). The number of hydrogen-bond acceptors (Lipinski definition) is 4. The molecule has 1 aliphatic rings. The number of carboxylic acid groups (broad SMARTS) is 1. The molecule has 0 aromatic heterocycles. The van der Waals surface area contributed by atoms with Crippen LogP contribution < -0.4 is 4.74 Å². The molecule has 1 saturated heterocycles. The van der Waals surface area contributed by atoms with Gasteiger partial charge in [-0.05, 0) is 13.0 Å². The summed E-state index contributed by atoms with van der Waals surface area (Å²) in [6, 6.07) is 6.97. The monoisotopic (exact) mass is 265 g/mol. The first-order valence-corrected chi connectivity index (χ1v) is 6.47. The number of nitrogens with zero attached hydrogens (tertiary/aromatic N) is 1. The van der Waals surface area contributed by atoms with Gasteiger partial charge in [0.1, 0.15) is 11.8 Å². The fraction of sp³-hybridized carbons (Fsp3) is 0.500. The van der Waals surface area contributed by atoms with E-state index in [2.05, 4.69) is 0 Å². The Hall–Kier alpha value is -1.59. The summed E-state index contributed by atoms with van der Waals surface area (Å²) < 4.78 is 5.53. The SMILES string of the molecule is CCOc1ccccc1CN1CC(O)CC1C(=O)O. The molecule has 2 N–H and O–H groups in total. The maximum absolute atomic E-state index is 11.2. The van der Waals surface area contributed by atoms with Gasteiger partial charge in [0, 0.05) is 25.1 Å². The lowest BCUT2D eigenvalue weighted by atomic mass is 10.1. The van der Waals surface area contributed by atoms with E-state index in [1.54, 1.807) is 4.90 Å². The Morgan fingerprint density at radius 2 is 2.21 bits per heavy atom. The summed E-state index contributed by atoms with van der Waals surface area (Å²) in [6.45, 7) is 3.35. The lowest BCUT2D eigenvalue weighted by Gasteiger charge is -2.22. The van der Waals surface area contributed by atoms with Crippen molar-refractivity contribution in [2.24, 2.45) is 0 Å². The maximum atomic E-state index is 11.2. The number of benzene rings is 1. The number of aliphatic hydroxyl groups excluding tert-OH is 1. The zero-order valence-corrected chi connectivity index (χ0v) is 11.0. The highest BCUT2D eigenvalue weighted by molar-refractivity contribution is 5.74. The van der Waals surface area contributed by atoms with Crippen LogP contribution in [0, 0.1) is 0 Å². The van der Waals surface area contributed by atoms with Gasteiger partial charge in [-0.15, -0.1) is 0 Å². The molecule has 0 spiro atoms. The number of carbonyl (C=O) groups is 1. The molecule has 1 heterocycles. The standard InChI is InChI=1S/C14H19NO4/c1-2-19-13-6-4-3-5-10(13)8-15-9-11(16)7-12(15)14(17)18/h3-6,11-12,16H,2,7-9H2,1H3,(H,17,18). The smallest absolute Gasteiger partial charge is 0.321 e. The lowest BCUT2D eigenvalue weighted by Crippen LogP contribution is -2.35. The van der Waals surface area contributed by atoms with Gasteiger partial charge in [0.2, 0.25) is 0 Å². The van der Waals surface area contributed by atoms with E-state index >= 15 is 0 Å². The van der Waals surface area contributed by atoms with Crippen LogP contribution in [0.15, 0.2) is 24.3 Å². The first kappa shape index (κ1) is 13.8. The van der Waals surface area contributed by atoms with Crippen LogP contribution >= 0.6 is 0 Å². The molecule has 0 aliphatic carbocycles. The quantitative estimate of drug-likeness (QED) is 0.834. The lowest BCUT2D eigenvalue weighted by molar-refractivity contribution is -0.142. The van der Waals surface area contributed by atoms with Gasteiger partial charge in [-0.1, -0.05) is 18.2 Å². The van der Waals surface area contributed by atoms with Crippen LogP contribution in [0.2, 0.25) is 0 Å². The molecular formula is C14H19NO4. The van der Waals surface area contributed by atoms with Gasteiger partial charge in [-0.3, -0.25) is 9.69 Å². The molecule has 1 fully saturated rings. The molecule has 2 atom stereocenters. The molecule has 0 saturated carbocycles. The zero-order valence-electron chi connectivity index (χ0n) is 11.0. The minimum Gasteiger partial charge on any atom is -0.494 e. The third kappa shape index (κ3) is 3.24. The van der Waals surface area contributed by atoms with Gasteiger partial charge in [-0.2, -0.15) is 0 Å². The van der Waals surface area contributed by atoms with E-state index in [-0.39, 0.29) is 6.42 Å². The van der Waals surface area contributed by atoms with Crippen LogP contribution in [0.25, 0.3) is 0 Å². The van der Waals surface area contributed by atoms with Crippen molar-refractivity contribution in [3.8, 4) is 5.75 Å². The van der Waals surface area contributed by atoms with Crippen molar-refractivity contribution in [3.63, 3.8) is 0 Å². The molecule has 5 nitrogen and oxygen atoms in total. The van der Waals surface area contributed by atoms with E-state index in [9.17, 15) is 9.90 Å². The molecule has 104 valence electrons. The average molecular weight is 265 g/mol. The fourth-order valence-corrected chi connectivity index (χ4v) is 2.46. The Bertz CT molecular complexity index is 449. The third-order valence-corrected chi connectivity index (χ3v) is 3.31. The first-order chi connectivity index (χ1) is 9.11. The minimum atomic E-state index is -0.884. The number of rotatable bonds is 5. The summed E-state index contributed by atoms with van der Waals surface area (Å²) in [4.78, 5) is 13.0. The van der Waals surface area contributed by atoms with Crippen LogP contribution in [-0.4, -0.2) is 46.4 Å². The molecule has 1 aromatic carbocycles. The van der Waals surface area contributed by atoms with Gasteiger partial charge in [0.25, 0.3) is 0 Å². The van der Waals surface area contributed by atoms with Gasteiger partial charge < -0.3 is 14.9 Å².